The normalized spacial score (nSPS) is 15.8. The maximum atomic E-state index is 11.0. The smallest absolute Gasteiger partial charge is 0.405 e. The van der Waals surface area contributed by atoms with Gasteiger partial charge in [-0.1, -0.05) is 0 Å². The molecule has 1 amide bonds. The third-order valence-electron chi connectivity index (χ3n) is 5.36. The molecule has 4 rings (SSSR count). The highest BCUT2D eigenvalue weighted by Gasteiger charge is 2.31. The summed E-state index contributed by atoms with van der Waals surface area (Å²) in [6.07, 6.45) is 5.63. The van der Waals surface area contributed by atoms with E-state index in [0.29, 0.717) is 5.56 Å². The SMILES string of the molecule is CC1(NC(=O)O)CCN(c2ccc(-c3cc(Br)cn4ncc(C#N)c34)cn2)CC1. The van der Waals surface area contributed by atoms with E-state index in [9.17, 15) is 10.1 Å². The largest absolute Gasteiger partial charge is 0.465 e. The first-order chi connectivity index (χ1) is 13.9. The van der Waals surface area contributed by atoms with Crippen LogP contribution in [-0.4, -0.2) is 44.4 Å². The van der Waals surface area contributed by atoms with Crippen LogP contribution < -0.4 is 10.2 Å². The molecule has 0 saturated carbocycles. The van der Waals surface area contributed by atoms with E-state index in [1.165, 1.54) is 0 Å². The van der Waals surface area contributed by atoms with E-state index in [-0.39, 0.29) is 0 Å². The van der Waals surface area contributed by atoms with Gasteiger partial charge in [0, 0.05) is 46.6 Å². The Balaban J connectivity index is 1.59. The van der Waals surface area contributed by atoms with Crippen LogP contribution >= 0.6 is 15.9 Å². The van der Waals surface area contributed by atoms with Crippen molar-refractivity contribution in [3.63, 3.8) is 0 Å². The fourth-order valence-corrected chi connectivity index (χ4v) is 4.16. The highest BCUT2D eigenvalue weighted by atomic mass is 79.9. The second kappa shape index (κ2) is 7.37. The molecule has 0 aromatic carbocycles. The maximum absolute atomic E-state index is 11.0. The summed E-state index contributed by atoms with van der Waals surface area (Å²) in [4.78, 5) is 17.8. The Morgan fingerprint density at radius 2 is 2.10 bits per heavy atom. The summed E-state index contributed by atoms with van der Waals surface area (Å²) in [6, 6.07) is 8.09. The molecule has 0 radical (unpaired) electrons. The molecule has 3 aromatic heterocycles. The van der Waals surface area contributed by atoms with Gasteiger partial charge in [0.25, 0.3) is 0 Å². The second-order valence-corrected chi connectivity index (χ2v) is 8.33. The number of nitriles is 1. The van der Waals surface area contributed by atoms with Crippen molar-refractivity contribution in [2.75, 3.05) is 18.0 Å². The van der Waals surface area contributed by atoms with Crippen LogP contribution in [0.5, 0.6) is 0 Å². The lowest BCUT2D eigenvalue weighted by Crippen LogP contribution is -2.53. The van der Waals surface area contributed by atoms with Gasteiger partial charge in [0.1, 0.15) is 11.9 Å². The molecule has 2 N–H and O–H groups in total. The highest BCUT2D eigenvalue weighted by molar-refractivity contribution is 9.10. The number of carboxylic acid groups (broad SMARTS) is 1. The van der Waals surface area contributed by atoms with E-state index < -0.39 is 11.6 Å². The molecule has 1 aliphatic rings. The first-order valence-corrected chi connectivity index (χ1v) is 9.97. The summed E-state index contributed by atoms with van der Waals surface area (Å²) in [5, 5.41) is 25.3. The summed E-state index contributed by atoms with van der Waals surface area (Å²) in [6.45, 7) is 3.39. The molecule has 9 heteroatoms. The molecule has 148 valence electrons. The lowest BCUT2D eigenvalue weighted by atomic mass is 9.90. The molecule has 8 nitrogen and oxygen atoms in total. The lowest BCUT2D eigenvalue weighted by Gasteiger charge is -2.39. The number of anilines is 1. The van der Waals surface area contributed by atoms with Crippen molar-refractivity contribution >= 4 is 33.4 Å². The third-order valence-corrected chi connectivity index (χ3v) is 5.79. The summed E-state index contributed by atoms with van der Waals surface area (Å²) >= 11 is 3.50. The zero-order chi connectivity index (χ0) is 20.6. The van der Waals surface area contributed by atoms with Crippen molar-refractivity contribution in [3.05, 3.63) is 46.8 Å². The molecule has 4 heterocycles. The van der Waals surface area contributed by atoms with E-state index in [1.54, 1.807) is 16.9 Å². The predicted molar refractivity (Wildman–Crippen MR) is 112 cm³/mol. The zero-order valence-electron chi connectivity index (χ0n) is 15.8. The molecule has 0 spiro atoms. The van der Waals surface area contributed by atoms with Crippen molar-refractivity contribution in [2.45, 2.75) is 25.3 Å². The lowest BCUT2D eigenvalue weighted by molar-refractivity contribution is 0.173. The number of hydrogen-bond acceptors (Lipinski definition) is 5. The minimum Gasteiger partial charge on any atom is -0.465 e. The van der Waals surface area contributed by atoms with Gasteiger partial charge in [0.2, 0.25) is 0 Å². The Labute approximate surface area is 175 Å². The van der Waals surface area contributed by atoms with Crippen LogP contribution in [0.2, 0.25) is 0 Å². The third kappa shape index (κ3) is 3.76. The Kier molecular flexibility index (Phi) is 4.88. The molecule has 1 aliphatic heterocycles. The molecular weight excluding hydrogens is 436 g/mol. The number of fused-ring (bicyclic) bond motifs is 1. The van der Waals surface area contributed by atoms with Crippen LogP contribution in [0.25, 0.3) is 16.6 Å². The second-order valence-electron chi connectivity index (χ2n) is 7.42. The Bertz CT molecular complexity index is 1110. The van der Waals surface area contributed by atoms with Gasteiger partial charge in [-0.2, -0.15) is 10.4 Å². The summed E-state index contributed by atoms with van der Waals surface area (Å²) in [5.74, 6) is 0.853. The Hall–Kier alpha value is -3.12. The van der Waals surface area contributed by atoms with Gasteiger partial charge < -0.3 is 15.3 Å². The standard InChI is InChI=1S/C20H19BrN6O2/c1-20(25-19(28)29)4-6-26(7-5-20)17-3-2-13(10-23-17)16-8-15(21)12-27-18(16)14(9-22)11-24-27/h2-3,8,10-12,25H,4-7H2,1H3,(H,28,29). The fourth-order valence-electron chi connectivity index (χ4n) is 3.74. The number of rotatable bonds is 3. The number of aromatic nitrogens is 3. The van der Waals surface area contributed by atoms with Gasteiger partial charge in [0.15, 0.2) is 0 Å². The van der Waals surface area contributed by atoms with Crippen molar-refractivity contribution < 1.29 is 9.90 Å². The van der Waals surface area contributed by atoms with E-state index >= 15 is 0 Å². The van der Waals surface area contributed by atoms with Crippen LogP contribution in [0.1, 0.15) is 25.3 Å². The van der Waals surface area contributed by atoms with Gasteiger partial charge in [-0.25, -0.2) is 14.3 Å². The predicted octanol–water partition coefficient (Wildman–Crippen LogP) is 3.66. The number of halogens is 1. The first-order valence-electron chi connectivity index (χ1n) is 9.18. The molecular formula is C20H19BrN6O2. The summed E-state index contributed by atoms with van der Waals surface area (Å²) in [7, 11) is 0. The number of pyridine rings is 2. The van der Waals surface area contributed by atoms with Crippen LogP contribution in [0.15, 0.2) is 41.3 Å². The van der Waals surface area contributed by atoms with Gasteiger partial charge in [0.05, 0.1) is 17.3 Å². The number of nitrogens with one attached hydrogen (secondary N) is 1. The fraction of sp³-hybridized carbons (Fsp3) is 0.300. The van der Waals surface area contributed by atoms with E-state index in [2.05, 4.69) is 42.3 Å². The van der Waals surface area contributed by atoms with Crippen LogP contribution in [0.4, 0.5) is 10.6 Å². The number of carbonyl (C=O) groups is 1. The molecule has 1 fully saturated rings. The van der Waals surface area contributed by atoms with Crippen LogP contribution in [0, 0.1) is 11.3 Å². The van der Waals surface area contributed by atoms with E-state index in [4.69, 9.17) is 5.11 Å². The number of amides is 1. The number of nitrogens with zero attached hydrogens (tertiary/aromatic N) is 5. The van der Waals surface area contributed by atoms with Crippen molar-refractivity contribution in [1.82, 2.24) is 19.9 Å². The molecule has 0 atom stereocenters. The molecule has 0 aliphatic carbocycles. The minimum atomic E-state index is -0.986. The summed E-state index contributed by atoms with van der Waals surface area (Å²) in [5.41, 5.74) is 2.63. The van der Waals surface area contributed by atoms with Gasteiger partial charge in [-0.05, 0) is 53.9 Å². The number of piperidine rings is 1. The Morgan fingerprint density at radius 3 is 2.72 bits per heavy atom. The average molecular weight is 455 g/mol. The molecule has 0 bridgehead atoms. The van der Waals surface area contributed by atoms with Crippen molar-refractivity contribution in [2.24, 2.45) is 0 Å². The highest BCUT2D eigenvalue weighted by Crippen LogP contribution is 2.31. The summed E-state index contributed by atoms with van der Waals surface area (Å²) < 4.78 is 2.55. The van der Waals surface area contributed by atoms with Crippen molar-refractivity contribution in [1.29, 1.82) is 5.26 Å². The van der Waals surface area contributed by atoms with Crippen LogP contribution in [-0.2, 0) is 0 Å². The quantitative estimate of drug-likeness (QED) is 0.625. The van der Waals surface area contributed by atoms with E-state index in [1.807, 2.05) is 31.3 Å². The van der Waals surface area contributed by atoms with Crippen molar-refractivity contribution in [3.8, 4) is 17.2 Å². The van der Waals surface area contributed by atoms with Crippen LogP contribution in [0.3, 0.4) is 0 Å². The molecule has 29 heavy (non-hydrogen) atoms. The number of hydrogen-bond donors (Lipinski definition) is 2. The van der Waals surface area contributed by atoms with Gasteiger partial charge in [-0.3, -0.25) is 0 Å². The molecule has 1 saturated heterocycles. The zero-order valence-corrected chi connectivity index (χ0v) is 17.3. The minimum absolute atomic E-state index is 0.403. The van der Waals surface area contributed by atoms with E-state index in [0.717, 1.165) is 52.9 Å². The molecule has 0 unspecified atom stereocenters. The monoisotopic (exact) mass is 454 g/mol. The maximum Gasteiger partial charge on any atom is 0.405 e. The van der Waals surface area contributed by atoms with Gasteiger partial charge in [-0.15, -0.1) is 0 Å². The topological polar surface area (TPSA) is 107 Å². The van der Waals surface area contributed by atoms with Gasteiger partial charge >= 0.3 is 6.09 Å². The Morgan fingerprint density at radius 1 is 1.34 bits per heavy atom. The average Bonchev–Trinajstić information content (AvgIpc) is 3.10. The first kappa shape index (κ1) is 19.2. The molecule has 3 aromatic rings.